The van der Waals surface area contributed by atoms with Crippen LogP contribution in [-0.4, -0.2) is 37.2 Å². The molecule has 0 bridgehead atoms. The molecule has 3 rings (SSSR count). The molecule has 1 heterocycles. The van der Waals surface area contributed by atoms with Gasteiger partial charge in [0.15, 0.2) is 0 Å². The second kappa shape index (κ2) is 6.90. The van der Waals surface area contributed by atoms with E-state index in [9.17, 15) is 4.79 Å². The van der Waals surface area contributed by atoms with Crippen molar-refractivity contribution in [1.29, 1.82) is 0 Å². The van der Waals surface area contributed by atoms with Gasteiger partial charge in [-0.2, -0.15) is 0 Å². The van der Waals surface area contributed by atoms with Crippen LogP contribution in [0.4, 0.5) is 0 Å². The first-order valence-electron chi connectivity index (χ1n) is 8.47. The molecule has 2 N–H and O–H groups in total. The molecule has 4 heteroatoms. The zero-order valence-electron chi connectivity index (χ0n) is 12.4. The van der Waals surface area contributed by atoms with Gasteiger partial charge in [-0.25, -0.2) is 0 Å². The first-order valence-corrected chi connectivity index (χ1v) is 8.47. The van der Waals surface area contributed by atoms with Crippen molar-refractivity contribution in [1.82, 2.24) is 10.6 Å². The topological polar surface area (TPSA) is 50.4 Å². The van der Waals surface area contributed by atoms with E-state index in [1.54, 1.807) is 0 Å². The number of hydrogen-bond donors (Lipinski definition) is 2. The molecular formula is C16H28N2O2. The maximum atomic E-state index is 12.1. The lowest BCUT2D eigenvalue weighted by atomic mass is 10.1. The van der Waals surface area contributed by atoms with Crippen molar-refractivity contribution in [2.75, 3.05) is 13.2 Å². The van der Waals surface area contributed by atoms with Gasteiger partial charge in [-0.1, -0.05) is 25.7 Å². The van der Waals surface area contributed by atoms with Crippen LogP contribution in [0.3, 0.4) is 0 Å². The fraction of sp³-hybridized carbons (Fsp3) is 0.938. The first-order chi connectivity index (χ1) is 9.83. The molecule has 0 spiro atoms. The molecule has 1 aliphatic heterocycles. The van der Waals surface area contributed by atoms with Gasteiger partial charge in [-0.3, -0.25) is 4.79 Å². The van der Waals surface area contributed by atoms with Crippen molar-refractivity contribution in [2.45, 2.75) is 76.0 Å². The zero-order chi connectivity index (χ0) is 13.8. The quantitative estimate of drug-likeness (QED) is 0.757. The predicted octanol–water partition coefficient (Wildman–Crippen LogP) is 1.98. The minimum Gasteiger partial charge on any atom is -0.376 e. The van der Waals surface area contributed by atoms with Crippen molar-refractivity contribution >= 4 is 5.91 Å². The normalized spacial score (nSPS) is 32.0. The lowest BCUT2D eigenvalue weighted by molar-refractivity contribution is -0.121. The van der Waals surface area contributed by atoms with Gasteiger partial charge in [0.2, 0.25) is 5.91 Å². The highest BCUT2D eigenvalue weighted by atomic mass is 16.5. The Bertz CT molecular complexity index is 322. The SMILES string of the molecule is O=C(CNC1CCOC1C1CC1)NC1CCCCCC1. The molecule has 2 saturated carbocycles. The number of carbonyl (C=O) groups excluding carboxylic acids is 1. The first kappa shape index (κ1) is 14.3. The molecule has 0 aromatic heterocycles. The average Bonchev–Trinajstić information content (AvgIpc) is 3.22. The van der Waals surface area contributed by atoms with Crippen LogP contribution < -0.4 is 10.6 Å². The van der Waals surface area contributed by atoms with Crippen LogP contribution in [0, 0.1) is 5.92 Å². The van der Waals surface area contributed by atoms with E-state index in [-0.39, 0.29) is 5.91 Å². The minimum absolute atomic E-state index is 0.165. The van der Waals surface area contributed by atoms with Crippen molar-refractivity contribution in [3.8, 4) is 0 Å². The average molecular weight is 280 g/mol. The number of nitrogens with one attached hydrogen (secondary N) is 2. The summed E-state index contributed by atoms with van der Waals surface area (Å²) in [6, 6.07) is 0.799. The fourth-order valence-corrected chi connectivity index (χ4v) is 3.65. The third kappa shape index (κ3) is 3.95. The summed E-state index contributed by atoms with van der Waals surface area (Å²) >= 11 is 0. The Balaban J connectivity index is 1.37. The summed E-state index contributed by atoms with van der Waals surface area (Å²) in [4.78, 5) is 12.1. The summed E-state index contributed by atoms with van der Waals surface area (Å²) < 4.78 is 5.79. The van der Waals surface area contributed by atoms with Crippen LogP contribution in [-0.2, 0) is 9.53 Å². The van der Waals surface area contributed by atoms with Gasteiger partial charge < -0.3 is 15.4 Å². The Morgan fingerprint density at radius 3 is 2.45 bits per heavy atom. The summed E-state index contributed by atoms with van der Waals surface area (Å²) in [7, 11) is 0. The fourth-order valence-electron chi connectivity index (χ4n) is 3.65. The number of carbonyl (C=O) groups is 1. The van der Waals surface area contributed by atoms with E-state index in [0.29, 0.717) is 24.7 Å². The standard InChI is InChI=1S/C16H28N2O2/c19-15(18-13-5-3-1-2-4-6-13)11-17-14-9-10-20-16(14)12-7-8-12/h12-14,16-17H,1-11H2,(H,18,19). The largest absolute Gasteiger partial charge is 0.376 e. The van der Waals surface area contributed by atoms with E-state index in [1.165, 1.54) is 38.5 Å². The minimum atomic E-state index is 0.165. The van der Waals surface area contributed by atoms with Crippen LogP contribution in [0.2, 0.25) is 0 Å². The molecule has 2 atom stereocenters. The zero-order valence-corrected chi connectivity index (χ0v) is 12.4. The summed E-state index contributed by atoms with van der Waals surface area (Å²) in [5.41, 5.74) is 0. The van der Waals surface area contributed by atoms with E-state index >= 15 is 0 Å². The highest BCUT2D eigenvalue weighted by Crippen LogP contribution is 2.38. The molecule has 4 nitrogen and oxygen atoms in total. The predicted molar refractivity (Wildman–Crippen MR) is 78.5 cm³/mol. The molecule has 20 heavy (non-hydrogen) atoms. The van der Waals surface area contributed by atoms with E-state index in [4.69, 9.17) is 4.74 Å². The maximum Gasteiger partial charge on any atom is 0.234 e. The molecule has 0 aromatic carbocycles. The molecule has 0 radical (unpaired) electrons. The maximum absolute atomic E-state index is 12.1. The van der Waals surface area contributed by atoms with Gasteiger partial charge in [-0.05, 0) is 38.0 Å². The van der Waals surface area contributed by atoms with Crippen LogP contribution in [0.15, 0.2) is 0 Å². The van der Waals surface area contributed by atoms with Gasteiger partial charge in [0, 0.05) is 18.7 Å². The Hall–Kier alpha value is -0.610. The Kier molecular flexibility index (Phi) is 4.94. The van der Waals surface area contributed by atoms with Gasteiger partial charge >= 0.3 is 0 Å². The second-order valence-electron chi connectivity index (χ2n) is 6.70. The van der Waals surface area contributed by atoms with Gasteiger partial charge in [0.1, 0.15) is 0 Å². The Morgan fingerprint density at radius 2 is 1.75 bits per heavy atom. The van der Waals surface area contributed by atoms with Crippen molar-refractivity contribution in [2.24, 2.45) is 5.92 Å². The highest BCUT2D eigenvalue weighted by Gasteiger charge is 2.40. The summed E-state index contributed by atoms with van der Waals surface area (Å²) in [6.45, 7) is 1.30. The van der Waals surface area contributed by atoms with Crippen molar-refractivity contribution < 1.29 is 9.53 Å². The number of ether oxygens (including phenoxy) is 1. The molecule has 1 amide bonds. The number of hydrogen-bond acceptors (Lipinski definition) is 3. The monoisotopic (exact) mass is 280 g/mol. The molecule has 3 fully saturated rings. The van der Waals surface area contributed by atoms with Crippen LogP contribution in [0.5, 0.6) is 0 Å². The molecule has 2 unspecified atom stereocenters. The van der Waals surface area contributed by atoms with Gasteiger partial charge in [0.05, 0.1) is 12.6 Å². The second-order valence-corrected chi connectivity index (χ2v) is 6.70. The molecule has 1 saturated heterocycles. The van der Waals surface area contributed by atoms with Gasteiger partial charge in [-0.15, -0.1) is 0 Å². The van der Waals surface area contributed by atoms with Crippen LogP contribution in [0.1, 0.15) is 57.8 Å². The molecule has 3 aliphatic rings. The van der Waals surface area contributed by atoms with Crippen LogP contribution in [0.25, 0.3) is 0 Å². The smallest absolute Gasteiger partial charge is 0.234 e. The van der Waals surface area contributed by atoms with E-state index in [0.717, 1.165) is 31.8 Å². The lowest BCUT2D eigenvalue weighted by Gasteiger charge is -2.21. The summed E-state index contributed by atoms with van der Waals surface area (Å²) in [5, 5.41) is 6.62. The van der Waals surface area contributed by atoms with Crippen LogP contribution >= 0.6 is 0 Å². The molecule has 2 aliphatic carbocycles. The summed E-state index contributed by atoms with van der Waals surface area (Å²) in [6.07, 6.45) is 11.5. The molecule has 114 valence electrons. The Labute approximate surface area is 122 Å². The van der Waals surface area contributed by atoms with Crippen molar-refractivity contribution in [3.05, 3.63) is 0 Å². The highest BCUT2D eigenvalue weighted by molar-refractivity contribution is 5.78. The van der Waals surface area contributed by atoms with E-state index in [1.807, 2.05) is 0 Å². The molecule has 0 aromatic rings. The Morgan fingerprint density at radius 1 is 1.00 bits per heavy atom. The van der Waals surface area contributed by atoms with E-state index < -0.39 is 0 Å². The van der Waals surface area contributed by atoms with Crippen molar-refractivity contribution in [3.63, 3.8) is 0 Å². The number of rotatable bonds is 5. The third-order valence-electron chi connectivity index (χ3n) is 4.97. The number of amides is 1. The third-order valence-corrected chi connectivity index (χ3v) is 4.97. The van der Waals surface area contributed by atoms with Gasteiger partial charge in [0.25, 0.3) is 0 Å². The summed E-state index contributed by atoms with van der Waals surface area (Å²) in [5.74, 6) is 0.915. The molecular weight excluding hydrogens is 252 g/mol. The van der Waals surface area contributed by atoms with E-state index in [2.05, 4.69) is 10.6 Å². The lowest BCUT2D eigenvalue weighted by Crippen LogP contribution is -2.45.